The molecule has 0 radical (unpaired) electrons. The number of anilines is 1. The molecule has 186 valence electrons. The van der Waals surface area contributed by atoms with Crippen molar-refractivity contribution in [3.63, 3.8) is 0 Å². The van der Waals surface area contributed by atoms with Crippen molar-refractivity contribution in [1.29, 1.82) is 0 Å². The molecule has 0 atom stereocenters. The molecule has 0 unspecified atom stereocenters. The van der Waals surface area contributed by atoms with E-state index in [0.717, 1.165) is 76.6 Å². The summed E-state index contributed by atoms with van der Waals surface area (Å²) >= 11 is 0. The molecule has 1 N–H and O–H groups in total. The molecule has 0 fully saturated rings. The van der Waals surface area contributed by atoms with E-state index in [1.807, 2.05) is 36.6 Å². The number of nitrogens with zero attached hydrogens (tertiary/aromatic N) is 6. The fraction of sp³-hybridized carbons (Fsp3) is 0.393. The zero-order chi connectivity index (χ0) is 25.2. The number of rotatable bonds is 10. The number of fused-ring (bicyclic) bond motifs is 4. The zero-order valence-electron chi connectivity index (χ0n) is 21.5. The summed E-state index contributed by atoms with van der Waals surface area (Å²) in [6, 6.07) is 14.4. The first-order valence-corrected chi connectivity index (χ1v) is 12.8. The third kappa shape index (κ3) is 4.67. The van der Waals surface area contributed by atoms with Gasteiger partial charge in [-0.2, -0.15) is 0 Å². The summed E-state index contributed by atoms with van der Waals surface area (Å²) in [6.07, 6.45) is 4.25. The molecule has 0 aliphatic carbocycles. The number of carbonyl (C=O) groups is 1. The molecule has 0 saturated heterocycles. The van der Waals surface area contributed by atoms with Crippen LogP contribution in [0.1, 0.15) is 51.8 Å². The molecule has 0 amide bonds. The Hall–Kier alpha value is -3.81. The summed E-state index contributed by atoms with van der Waals surface area (Å²) in [5.41, 5.74) is 5.62. The summed E-state index contributed by atoms with van der Waals surface area (Å²) in [7, 11) is 2.04. The quantitative estimate of drug-likeness (QED) is 0.255. The molecule has 0 aliphatic heterocycles. The minimum Gasteiger partial charge on any atom is -0.367 e. The monoisotopic (exact) mass is 483 g/mol. The molecular formula is C28H33N7O. The van der Waals surface area contributed by atoms with E-state index in [0.29, 0.717) is 24.5 Å². The van der Waals surface area contributed by atoms with Crippen LogP contribution in [0, 0.1) is 12.8 Å². The van der Waals surface area contributed by atoms with Crippen molar-refractivity contribution in [2.24, 2.45) is 13.0 Å². The van der Waals surface area contributed by atoms with Gasteiger partial charge in [0.1, 0.15) is 17.4 Å². The standard InChI is InChI=1S/C28H33N7O/c1-18(2)16-21(36)10-6-5-9-15-29-26-28-33-32-19(3)35(28)25-14-13-20(17-23(25)30-26)27-31-22-11-7-8-12-24(22)34(27)4/h7-8,11-14,17-18H,5-6,9-10,15-16H2,1-4H3,(H,29,30). The van der Waals surface area contributed by atoms with Crippen LogP contribution in [0.25, 0.3) is 39.1 Å². The fourth-order valence-corrected chi connectivity index (χ4v) is 4.83. The van der Waals surface area contributed by atoms with Crippen LogP contribution in [0.5, 0.6) is 0 Å². The molecule has 0 aliphatic rings. The van der Waals surface area contributed by atoms with E-state index in [4.69, 9.17) is 9.97 Å². The van der Waals surface area contributed by atoms with Crippen LogP contribution < -0.4 is 5.32 Å². The van der Waals surface area contributed by atoms with E-state index in [9.17, 15) is 4.79 Å². The van der Waals surface area contributed by atoms with E-state index in [1.165, 1.54) is 0 Å². The van der Waals surface area contributed by atoms with Gasteiger partial charge in [-0.3, -0.25) is 9.20 Å². The molecule has 5 rings (SSSR count). The molecule has 5 aromatic rings. The second-order valence-corrected chi connectivity index (χ2v) is 9.93. The summed E-state index contributed by atoms with van der Waals surface area (Å²) < 4.78 is 4.16. The third-order valence-corrected chi connectivity index (χ3v) is 6.59. The highest BCUT2D eigenvalue weighted by Gasteiger charge is 2.16. The first kappa shape index (κ1) is 23.9. The Morgan fingerprint density at radius 1 is 0.972 bits per heavy atom. The Balaban J connectivity index is 1.38. The highest BCUT2D eigenvalue weighted by molar-refractivity contribution is 5.88. The summed E-state index contributed by atoms with van der Waals surface area (Å²) in [5, 5.41) is 12.2. The summed E-state index contributed by atoms with van der Waals surface area (Å²) in [5.74, 6) is 3.25. The Morgan fingerprint density at radius 3 is 2.61 bits per heavy atom. The van der Waals surface area contributed by atoms with E-state index >= 15 is 0 Å². The van der Waals surface area contributed by atoms with E-state index in [1.54, 1.807) is 0 Å². The van der Waals surface area contributed by atoms with E-state index in [2.05, 4.69) is 58.2 Å². The smallest absolute Gasteiger partial charge is 0.204 e. The summed E-state index contributed by atoms with van der Waals surface area (Å²) in [6.45, 7) is 6.90. The first-order chi connectivity index (χ1) is 17.4. The van der Waals surface area contributed by atoms with Crippen molar-refractivity contribution in [2.45, 2.75) is 52.9 Å². The highest BCUT2D eigenvalue weighted by atomic mass is 16.1. The lowest BCUT2D eigenvalue weighted by atomic mass is 10.0. The molecule has 3 heterocycles. The van der Waals surface area contributed by atoms with Crippen molar-refractivity contribution in [1.82, 2.24) is 29.1 Å². The maximum absolute atomic E-state index is 11.9. The normalized spacial score (nSPS) is 11.8. The second kappa shape index (κ2) is 10.0. The number of ketones is 1. The van der Waals surface area contributed by atoms with Gasteiger partial charge in [-0.1, -0.05) is 32.4 Å². The first-order valence-electron chi connectivity index (χ1n) is 12.8. The van der Waals surface area contributed by atoms with Crippen molar-refractivity contribution in [3.8, 4) is 11.4 Å². The zero-order valence-corrected chi connectivity index (χ0v) is 21.5. The van der Waals surface area contributed by atoms with Gasteiger partial charge in [0.05, 0.1) is 22.1 Å². The number of para-hydroxylation sites is 2. The molecular weight excluding hydrogens is 450 g/mol. The number of benzene rings is 2. The lowest BCUT2D eigenvalue weighted by molar-refractivity contribution is -0.119. The molecule has 0 spiro atoms. The van der Waals surface area contributed by atoms with Gasteiger partial charge in [0.2, 0.25) is 5.65 Å². The number of nitrogens with one attached hydrogen (secondary N) is 1. The number of unbranched alkanes of at least 4 members (excludes halogenated alkanes) is 2. The Kier molecular flexibility index (Phi) is 6.67. The third-order valence-electron chi connectivity index (χ3n) is 6.59. The van der Waals surface area contributed by atoms with Crippen LogP contribution in [0.4, 0.5) is 5.82 Å². The van der Waals surface area contributed by atoms with E-state index < -0.39 is 0 Å². The van der Waals surface area contributed by atoms with Gasteiger partial charge in [0, 0.05) is 32.0 Å². The predicted octanol–water partition coefficient (Wildman–Crippen LogP) is 5.73. The summed E-state index contributed by atoms with van der Waals surface area (Å²) in [4.78, 5) is 21.7. The Labute approximate surface area is 210 Å². The molecule has 0 bridgehead atoms. The number of aromatic nitrogens is 6. The number of hydrogen-bond donors (Lipinski definition) is 1. The lowest BCUT2D eigenvalue weighted by Crippen LogP contribution is -2.07. The molecule has 8 nitrogen and oxygen atoms in total. The van der Waals surface area contributed by atoms with Crippen LogP contribution in [-0.2, 0) is 11.8 Å². The second-order valence-electron chi connectivity index (χ2n) is 9.93. The van der Waals surface area contributed by atoms with Gasteiger partial charge < -0.3 is 9.88 Å². The van der Waals surface area contributed by atoms with Crippen LogP contribution in [0.2, 0.25) is 0 Å². The van der Waals surface area contributed by atoms with Crippen molar-refractivity contribution in [3.05, 3.63) is 48.3 Å². The van der Waals surface area contributed by atoms with Gasteiger partial charge in [-0.15, -0.1) is 10.2 Å². The van der Waals surface area contributed by atoms with Crippen LogP contribution in [0.3, 0.4) is 0 Å². The topological polar surface area (TPSA) is 90.0 Å². The van der Waals surface area contributed by atoms with Crippen molar-refractivity contribution in [2.75, 3.05) is 11.9 Å². The number of Topliss-reactive ketones (excluding diaryl/α,β-unsaturated/α-hetero) is 1. The number of hydrogen-bond acceptors (Lipinski definition) is 6. The van der Waals surface area contributed by atoms with Gasteiger partial charge in [-0.25, -0.2) is 9.97 Å². The average molecular weight is 484 g/mol. The van der Waals surface area contributed by atoms with Crippen LogP contribution in [0.15, 0.2) is 42.5 Å². The minimum absolute atomic E-state index is 0.367. The van der Waals surface area contributed by atoms with Crippen molar-refractivity contribution < 1.29 is 4.79 Å². The van der Waals surface area contributed by atoms with Gasteiger partial charge in [-0.05, 0) is 56.0 Å². The predicted molar refractivity (Wildman–Crippen MR) is 144 cm³/mol. The van der Waals surface area contributed by atoms with Gasteiger partial charge >= 0.3 is 0 Å². The largest absolute Gasteiger partial charge is 0.367 e. The number of aryl methyl sites for hydroxylation is 2. The molecule has 36 heavy (non-hydrogen) atoms. The minimum atomic E-state index is 0.367. The van der Waals surface area contributed by atoms with Gasteiger partial charge in [0.25, 0.3) is 0 Å². The van der Waals surface area contributed by atoms with Crippen LogP contribution in [-0.4, -0.2) is 41.5 Å². The SMILES string of the molecule is Cc1nnc2c(NCCCCCC(=O)CC(C)C)nc3cc(-c4nc5ccccc5n4C)ccc3n12. The number of carbonyl (C=O) groups excluding carboxylic acids is 1. The average Bonchev–Trinajstić information content (AvgIpc) is 3.41. The molecule has 2 aromatic carbocycles. The Bertz CT molecular complexity index is 1550. The van der Waals surface area contributed by atoms with Crippen molar-refractivity contribution >= 4 is 39.3 Å². The maximum atomic E-state index is 11.9. The molecule has 0 saturated carbocycles. The maximum Gasteiger partial charge on any atom is 0.204 e. The number of imidazole rings is 1. The molecule has 8 heteroatoms. The highest BCUT2D eigenvalue weighted by Crippen LogP contribution is 2.28. The van der Waals surface area contributed by atoms with Crippen LogP contribution >= 0.6 is 0 Å². The fourth-order valence-electron chi connectivity index (χ4n) is 4.83. The van der Waals surface area contributed by atoms with E-state index in [-0.39, 0.29) is 0 Å². The van der Waals surface area contributed by atoms with Gasteiger partial charge in [0.15, 0.2) is 5.82 Å². The molecule has 3 aromatic heterocycles. The lowest BCUT2D eigenvalue weighted by Gasteiger charge is -2.11. The Morgan fingerprint density at radius 2 is 1.81 bits per heavy atom.